The van der Waals surface area contributed by atoms with Crippen molar-refractivity contribution in [1.82, 2.24) is 0 Å². The maximum absolute atomic E-state index is 2.21. The highest BCUT2D eigenvalue weighted by molar-refractivity contribution is 5.10. The van der Waals surface area contributed by atoms with E-state index in [1.807, 2.05) is 25.2 Å². The number of allylic oxidation sites excluding steroid dienone is 6. The molecule has 0 bridgehead atoms. The third-order valence-electron chi connectivity index (χ3n) is 1.39. The van der Waals surface area contributed by atoms with E-state index in [4.69, 9.17) is 0 Å². The first-order chi connectivity index (χ1) is 5.41. The zero-order valence-corrected chi connectivity index (χ0v) is 7.59. The van der Waals surface area contributed by atoms with Gasteiger partial charge in [0.15, 0.2) is 0 Å². The molecule has 0 heteroatoms. The van der Waals surface area contributed by atoms with E-state index in [9.17, 15) is 0 Å². The van der Waals surface area contributed by atoms with Crippen molar-refractivity contribution in [1.29, 1.82) is 0 Å². The summed E-state index contributed by atoms with van der Waals surface area (Å²) in [5.74, 6) is 0. The summed E-state index contributed by atoms with van der Waals surface area (Å²) in [6, 6.07) is 0. The van der Waals surface area contributed by atoms with Gasteiger partial charge in [0.1, 0.15) is 0 Å². The average Bonchev–Trinajstić information content (AvgIpc) is 2.03. The zero-order chi connectivity index (χ0) is 8.36. The topological polar surface area (TPSA) is 0 Å². The van der Waals surface area contributed by atoms with Crippen molar-refractivity contribution >= 4 is 0 Å². The van der Waals surface area contributed by atoms with Gasteiger partial charge in [-0.15, -0.1) is 0 Å². The largest absolute Gasteiger partial charge is 0.0877 e. The molecule has 0 unspecified atom stereocenters. The molecule has 0 aliphatic rings. The molecule has 0 aliphatic carbocycles. The van der Waals surface area contributed by atoms with Gasteiger partial charge in [0.05, 0.1) is 0 Å². The predicted molar refractivity (Wildman–Crippen MR) is 52.6 cm³/mol. The standard InChI is InChI=1S/C11H18/c1-3-5-7-9-11-10-8-6-4-2/h3,5,7,9-11H,4,6,8H2,1-2H3/b5-3+,9-7-,11-10-. The lowest BCUT2D eigenvalue weighted by Crippen LogP contribution is -1.64. The van der Waals surface area contributed by atoms with Gasteiger partial charge in [-0.1, -0.05) is 56.2 Å². The van der Waals surface area contributed by atoms with Crippen LogP contribution in [-0.2, 0) is 0 Å². The number of hydrogen-bond acceptors (Lipinski definition) is 0. The molecule has 0 nitrogen and oxygen atoms in total. The predicted octanol–water partition coefficient (Wildman–Crippen LogP) is 3.87. The van der Waals surface area contributed by atoms with Gasteiger partial charge in [-0.2, -0.15) is 0 Å². The van der Waals surface area contributed by atoms with E-state index in [1.54, 1.807) is 0 Å². The highest BCUT2D eigenvalue weighted by Gasteiger charge is 1.74. The monoisotopic (exact) mass is 150 g/mol. The quantitative estimate of drug-likeness (QED) is 0.412. The third kappa shape index (κ3) is 9.22. The lowest BCUT2D eigenvalue weighted by molar-refractivity contribution is 0.815. The van der Waals surface area contributed by atoms with Crippen molar-refractivity contribution in [2.45, 2.75) is 33.1 Å². The van der Waals surface area contributed by atoms with Crippen LogP contribution in [0.4, 0.5) is 0 Å². The molecule has 0 saturated heterocycles. The molecule has 0 aromatic rings. The molecule has 11 heavy (non-hydrogen) atoms. The minimum absolute atomic E-state index is 1.21. The summed E-state index contributed by atoms with van der Waals surface area (Å²) in [7, 11) is 0. The van der Waals surface area contributed by atoms with Crippen LogP contribution in [0.5, 0.6) is 0 Å². The Labute approximate surface area is 70.3 Å². The fourth-order valence-corrected chi connectivity index (χ4v) is 0.736. The van der Waals surface area contributed by atoms with Gasteiger partial charge in [0.25, 0.3) is 0 Å². The Hall–Kier alpha value is -0.780. The molecule has 62 valence electrons. The second-order valence-electron chi connectivity index (χ2n) is 2.48. The SMILES string of the molecule is C/C=C/C=C\C=C/CCCC. The van der Waals surface area contributed by atoms with Crippen LogP contribution in [0, 0.1) is 0 Å². The van der Waals surface area contributed by atoms with Crippen molar-refractivity contribution in [3.63, 3.8) is 0 Å². The summed E-state index contributed by atoms with van der Waals surface area (Å²) in [4.78, 5) is 0. The molecular weight excluding hydrogens is 132 g/mol. The first-order valence-electron chi connectivity index (χ1n) is 4.36. The van der Waals surface area contributed by atoms with E-state index in [-0.39, 0.29) is 0 Å². The van der Waals surface area contributed by atoms with E-state index >= 15 is 0 Å². The number of rotatable bonds is 5. The highest BCUT2D eigenvalue weighted by atomic mass is 13.8. The normalized spacial score (nSPS) is 12.5. The third-order valence-corrected chi connectivity index (χ3v) is 1.39. The smallest absolute Gasteiger partial charge is 0.0348 e. The van der Waals surface area contributed by atoms with Gasteiger partial charge in [-0.05, 0) is 13.3 Å². The van der Waals surface area contributed by atoms with Crippen LogP contribution >= 0.6 is 0 Å². The molecule has 0 aromatic carbocycles. The second kappa shape index (κ2) is 9.22. The maximum Gasteiger partial charge on any atom is -0.0348 e. The lowest BCUT2D eigenvalue weighted by Gasteiger charge is -1.84. The minimum Gasteiger partial charge on any atom is -0.0877 e. The van der Waals surface area contributed by atoms with Crippen LogP contribution in [0.25, 0.3) is 0 Å². The molecule has 0 amide bonds. The fourth-order valence-electron chi connectivity index (χ4n) is 0.736. The first-order valence-corrected chi connectivity index (χ1v) is 4.36. The summed E-state index contributed by atoms with van der Waals surface area (Å²) >= 11 is 0. The average molecular weight is 150 g/mol. The van der Waals surface area contributed by atoms with Crippen molar-refractivity contribution in [3.05, 3.63) is 36.5 Å². The fraction of sp³-hybridized carbons (Fsp3) is 0.455. The second-order valence-corrected chi connectivity index (χ2v) is 2.48. The molecule has 0 atom stereocenters. The first kappa shape index (κ1) is 10.2. The molecular formula is C11H18. The van der Waals surface area contributed by atoms with Crippen molar-refractivity contribution in [3.8, 4) is 0 Å². The summed E-state index contributed by atoms with van der Waals surface area (Å²) in [6.07, 6.45) is 16.3. The van der Waals surface area contributed by atoms with Crippen LogP contribution in [0.1, 0.15) is 33.1 Å². The molecule has 0 spiro atoms. The van der Waals surface area contributed by atoms with E-state index < -0.39 is 0 Å². The van der Waals surface area contributed by atoms with Gasteiger partial charge in [-0.25, -0.2) is 0 Å². The molecule has 0 aliphatic heterocycles. The molecule has 0 aromatic heterocycles. The van der Waals surface area contributed by atoms with E-state index in [0.717, 1.165) is 0 Å². The Morgan fingerprint density at radius 3 is 2.36 bits per heavy atom. The van der Waals surface area contributed by atoms with E-state index in [2.05, 4.69) is 25.2 Å². The minimum atomic E-state index is 1.21. The van der Waals surface area contributed by atoms with Crippen molar-refractivity contribution < 1.29 is 0 Å². The van der Waals surface area contributed by atoms with E-state index in [0.29, 0.717) is 0 Å². The molecule has 0 radical (unpaired) electrons. The van der Waals surface area contributed by atoms with Crippen LogP contribution < -0.4 is 0 Å². The Balaban J connectivity index is 3.28. The molecule has 0 heterocycles. The van der Waals surface area contributed by atoms with Crippen LogP contribution in [0.15, 0.2) is 36.5 Å². The Bertz CT molecular complexity index is 138. The van der Waals surface area contributed by atoms with Gasteiger partial charge in [-0.3, -0.25) is 0 Å². The van der Waals surface area contributed by atoms with Crippen LogP contribution in [-0.4, -0.2) is 0 Å². The van der Waals surface area contributed by atoms with Crippen LogP contribution in [0.3, 0.4) is 0 Å². The van der Waals surface area contributed by atoms with Gasteiger partial charge >= 0.3 is 0 Å². The Morgan fingerprint density at radius 1 is 1.00 bits per heavy atom. The summed E-state index contributed by atoms with van der Waals surface area (Å²) in [5, 5.41) is 0. The summed E-state index contributed by atoms with van der Waals surface area (Å²) < 4.78 is 0. The highest BCUT2D eigenvalue weighted by Crippen LogP contribution is 1.94. The Morgan fingerprint density at radius 2 is 1.73 bits per heavy atom. The van der Waals surface area contributed by atoms with E-state index in [1.165, 1.54) is 19.3 Å². The van der Waals surface area contributed by atoms with Gasteiger partial charge in [0, 0.05) is 0 Å². The molecule has 0 saturated carbocycles. The summed E-state index contributed by atoms with van der Waals surface area (Å²) in [5.41, 5.74) is 0. The van der Waals surface area contributed by atoms with Crippen LogP contribution in [0.2, 0.25) is 0 Å². The zero-order valence-electron chi connectivity index (χ0n) is 7.59. The lowest BCUT2D eigenvalue weighted by atomic mass is 10.2. The number of unbranched alkanes of at least 4 members (excludes halogenated alkanes) is 2. The van der Waals surface area contributed by atoms with Crippen molar-refractivity contribution in [2.75, 3.05) is 0 Å². The van der Waals surface area contributed by atoms with Gasteiger partial charge < -0.3 is 0 Å². The molecule has 0 N–H and O–H groups in total. The summed E-state index contributed by atoms with van der Waals surface area (Å²) in [6.45, 7) is 4.23. The maximum atomic E-state index is 2.21. The number of hydrogen-bond donors (Lipinski definition) is 0. The molecule has 0 rings (SSSR count). The Kier molecular flexibility index (Phi) is 8.57. The van der Waals surface area contributed by atoms with Gasteiger partial charge in [0.2, 0.25) is 0 Å². The van der Waals surface area contributed by atoms with Crippen molar-refractivity contribution in [2.24, 2.45) is 0 Å². The molecule has 0 fully saturated rings.